The van der Waals surface area contributed by atoms with Crippen LogP contribution in [0.5, 0.6) is 0 Å². The molecule has 3 rings (SSSR count). The average molecular weight is 561 g/mol. The molecular weight excluding hydrogens is 532 g/mol. The highest BCUT2D eigenvalue weighted by molar-refractivity contribution is 7.91. The monoisotopic (exact) mass is 560 g/mol. The molecule has 1 amide bonds. The van der Waals surface area contributed by atoms with E-state index in [1.165, 1.54) is 22.3 Å². The van der Waals surface area contributed by atoms with E-state index in [1.54, 1.807) is 46.8 Å². The molecule has 1 saturated heterocycles. The van der Waals surface area contributed by atoms with Crippen LogP contribution >= 0.6 is 34.3 Å². The summed E-state index contributed by atoms with van der Waals surface area (Å²) in [7, 11) is -4.16. The lowest BCUT2D eigenvalue weighted by Crippen LogP contribution is -2.50. The Bertz CT molecular complexity index is 1210. The molecule has 2 atom stereocenters. The van der Waals surface area contributed by atoms with Gasteiger partial charge in [0.1, 0.15) is 27.7 Å². The number of hydrogen-bond donors (Lipinski definition) is 0. The number of nitrogens with zero attached hydrogens (tertiary/aromatic N) is 2. The Balaban J connectivity index is 1.89. The summed E-state index contributed by atoms with van der Waals surface area (Å²) in [5, 5.41) is 0. The van der Waals surface area contributed by atoms with Gasteiger partial charge in [-0.25, -0.2) is 13.2 Å². The van der Waals surface area contributed by atoms with Crippen LogP contribution < -0.4 is 0 Å². The number of amides is 1. The maximum Gasteiger partial charge on any atom is 0.329 e. The zero-order valence-electron chi connectivity index (χ0n) is 20.2. The SMILES string of the molecule is CCC(=O)CN([C@H]1CCN([C@@H](C)C(=O)OC(C)(C)C)C1=O)S(=O)(=O)c1ccc(-c2ccc(Cl)s2)s1. The lowest BCUT2D eigenvalue weighted by atomic mass is 10.2. The third-order valence-electron chi connectivity index (χ3n) is 5.46. The fourth-order valence-electron chi connectivity index (χ4n) is 3.65. The molecule has 1 aliphatic heterocycles. The predicted molar refractivity (Wildman–Crippen MR) is 137 cm³/mol. The van der Waals surface area contributed by atoms with Crippen LogP contribution in [0.25, 0.3) is 9.75 Å². The Morgan fingerprint density at radius 1 is 1.20 bits per heavy atom. The first-order valence-corrected chi connectivity index (χ1v) is 14.6. The second kappa shape index (κ2) is 10.7. The minimum absolute atomic E-state index is 0.0346. The molecule has 0 unspecified atom stereocenters. The average Bonchev–Trinajstić information content (AvgIpc) is 3.50. The van der Waals surface area contributed by atoms with Crippen molar-refractivity contribution in [3.05, 3.63) is 28.6 Å². The van der Waals surface area contributed by atoms with Crippen molar-refractivity contribution in [2.45, 2.75) is 69.4 Å². The van der Waals surface area contributed by atoms with E-state index < -0.39 is 46.1 Å². The van der Waals surface area contributed by atoms with Gasteiger partial charge in [-0.05, 0) is 58.4 Å². The molecule has 0 spiro atoms. The first-order valence-electron chi connectivity index (χ1n) is 11.2. The van der Waals surface area contributed by atoms with Crippen LogP contribution in [0.2, 0.25) is 4.34 Å². The minimum Gasteiger partial charge on any atom is -0.458 e. The summed E-state index contributed by atoms with van der Waals surface area (Å²) >= 11 is 8.40. The van der Waals surface area contributed by atoms with Crippen LogP contribution in [0.4, 0.5) is 0 Å². The number of likely N-dealkylation sites (tertiary alicyclic amines) is 1. The Morgan fingerprint density at radius 2 is 1.83 bits per heavy atom. The van der Waals surface area contributed by atoms with E-state index in [-0.39, 0.29) is 29.4 Å². The summed E-state index contributed by atoms with van der Waals surface area (Å²) in [5.74, 6) is -1.39. The first kappa shape index (κ1) is 27.8. The fraction of sp³-hybridized carbons (Fsp3) is 0.522. The van der Waals surface area contributed by atoms with Crippen LogP contribution in [0.15, 0.2) is 28.5 Å². The number of rotatable bonds is 9. The molecule has 12 heteroatoms. The molecule has 35 heavy (non-hydrogen) atoms. The van der Waals surface area contributed by atoms with Gasteiger partial charge in [-0.1, -0.05) is 18.5 Å². The van der Waals surface area contributed by atoms with Crippen molar-refractivity contribution in [3.63, 3.8) is 0 Å². The van der Waals surface area contributed by atoms with E-state index in [4.69, 9.17) is 16.3 Å². The Labute approximate surface area is 218 Å². The minimum atomic E-state index is -4.16. The van der Waals surface area contributed by atoms with Crippen LogP contribution in [0, 0.1) is 0 Å². The number of carbonyl (C=O) groups excluding carboxylic acids is 3. The molecule has 0 N–H and O–H groups in total. The molecule has 8 nitrogen and oxygen atoms in total. The number of ether oxygens (including phenoxy) is 1. The molecule has 1 fully saturated rings. The third-order valence-corrected chi connectivity index (χ3v) is 10.3. The van der Waals surface area contributed by atoms with Gasteiger partial charge >= 0.3 is 5.97 Å². The molecule has 0 radical (unpaired) electrons. The van der Waals surface area contributed by atoms with Crippen LogP contribution in [0.1, 0.15) is 47.5 Å². The van der Waals surface area contributed by atoms with Crippen LogP contribution in [-0.4, -0.2) is 66.1 Å². The smallest absolute Gasteiger partial charge is 0.329 e. The van der Waals surface area contributed by atoms with E-state index in [0.717, 1.165) is 25.4 Å². The van der Waals surface area contributed by atoms with Gasteiger partial charge < -0.3 is 9.64 Å². The van der Waals surface area contributed by atoms with Gasteiger partial charge in [0, 0.05) is 22.7 Å². The van der Waals surface area contributed by atoms with Gasteiger partial charge in [-0.2, -0.15) is 4.31 Å². The fourth-order valence-corrected chi connectivity index (χ4v) is 7.82. The summed E-state index contributed by atoms with van der Waals surface area (Å²) < 4.78 is 34.3. The van der Waals surface area contributed by atoms with Crippen molar-refractivity contribution >= 4 is 62.0 Å². The zero-order valence-corrected chi connectivity index (χ0v) is 23.4. The summed E-state index contributed by atoms with van der Waals surface area (Å²) in [6.45, 7) is 8.16. The van der Waals surface area contributed by atoms with Crippen molar-refractivity contribution in [2.75, 3.05) is 13.1 Å². The lowest BCUT2D eigenvalue weighted by molar-refractivity contribution is -0.163. The maximum atomic E-state index is 13.7. The van der Waals surface area contributed by atoms with Crippen molar-refractivity contribution in [3.8, 4) is 9.75 Å². The normalized spacial score (nSPS) is 17.7. The molecule has 0 saturated carbocycles. The van der Waals surface area contributed by atoms with Gasteiger partial charge in [-0.15, -0.1) is 22.7 Å². The van der Waals surface area contributed by atoms with Crippen LogP contribution in [0.3, 0.4) is 0 Å². The second-order valence-corrected chi connectivity index (χ2v) is 14.1. The number of carbonyl (C=O) groups is 3. The lowest BCUT2D eigenvalue weighted by Gasteiger charge is -2.29. The summed E-state index contributed by atoms with van der Waals surface area (Å²) in [6, 6.07) is 4.75. The first-order chi connectivity index (χ1) is 16.2. The van der Waals surface area contributed by atoms with Gasteiger partial charge in [0.25, 0.3) is 10.0 Å². The number of sulfonamides is 1. The Hall–Kier alpha value is -1.79. The molecule has 3 heterocycles. The predicted octanol–water partition coefficient (Wildman–Crippen LogP) is 4.43. The molecule has 0 bridgehead atoms. The highest BCUT2D eigenvalue weighted by Gasteiger charge is 2.45. The summed E-state index contributed by atoms with van der Waals surface area (Å²) in [5.41, 5.74) is -0.722. The number of halogens is 1. The quantitative estimate of drug-likeness (QED) is 0.420. The van der Waals surface area contributed by atoms with E-state index in [1.807, 2.05) is 6.07 Å². The van der Waals surface area contributed by atoms with Crippen molar-refractivity contribution < 1.29 is 27.5 Å². The van der Waals surface area contributed by atoms with Crippen molar-refractivity contribution in [1.29, 1.82) is 0 Å². The highest BCUT2D eigenvalue weighted by atomic mass is 35.5. The number of hydrogen-bond acceptors (Lipinski definition) is 8. The van der Waals surface area contributed by atoms with Gasteiger partial charge in [0.15, 0.2) is 0 Å². The molecule has 1 aliphatic rings. The standard InChI is InChI=1S/C23H29ClN2O6S3/c1-6-15(27)13-26(16-11-12-25(21(16)28)14(2)22(29)32-23(3,4)5)35(30,31)20-10-8-18(34-20)17-7-9-19(24)33-17/h7-10,14,16H,6,11-13H2,1-5H3/t14-,16-/m0/s1. The zero-order chi connectivity index (χ0) is 26.1. The summed E-state index contributed by atoms with van der Waals surface area (Å²) in [4.78, 5) is 41.1. The number of Topliss-reactive ketones (excluding diaryl/α,β-unsaturated/α-hetero) is 1. The Morgan fingerprint density at radius 3 is 2.40 bits per heavy atom. The Kier molecular flexibility index (Phi) is 8.48. The van der Waals surface area contributed by atoms with E-state index in [9.17, 15) is 22.8 Å². The molecular formula is C23H29ClN2O6S3. The van der Waals surface area contributed by atoms with Crippen LogP contribution in [-0.2, 0) is 29.1 Å². The van der Waals surface area contributed by atoms with Crippen molar-refractivity contribution in [2.24, 2.45) is 0 Å². The molecule has 0 aliphatic carbocycles. The molecule has 2 aromatic heterocycles. The number of thiophene rings is 2. The molecule has 2 aromatic rings. The number of esters is 1. The molecule has 0 aromatic carbocycles. The largest absolute Gasteiger partial charge is 0.458 e. The third kappa shape index (κ3) is 6.32. The van der Waals surface area contributed by atoms with Gasteiger partial charge in [0.2, 0.25) is 5.91 Å². The molecule has 192 valence electrons. The maximum absolute atomic E-state index is 13.7. The van der Waals surface area contributed by atoms with E-state index in [2.05, 4.69) is 0 Å². The van der Waals surface area contributed by atoms with E-state index >= 15 is 0 Å². The topological polar surface area (TPSA) is 101 Å². The second-order valence-electron chi connectivity index (χ2n) is 9.21. The van der Waals surface area contributed by atoms with Gasteiger partial charge in [-0.3, -0.25) is 9.59 Å². The van der Waals surface area contributed by atoms with E-state index in [0.29, 0.717) is 4.34 Å². The number of ketones is 1. The van der Waals surface area contributed by atoms with Gasteiger partial charge in [0.05, 0.1) is 10.9 Å². The highest BCUT2D eigenvalue weighted by Crippen LogP contribution is 2.38. The van der Waals surface area contributed by atoms with Crippen molar-refractivity contribution in [1.82, 2.24) is 9.21 Å². The summed E-state index contributed by atoms with van der Waals surface area (Å²) in [6.07, 6.45) is 0.301.